The second-order valence-electron chi connectivity index (χ2n) is 3.26. The number of rotatable bonds is 2. The Morgan fingerprint density at radius 1 is 1.73 bits per heavy atom. The van der Waals surface area contributed by atoms with E-state index in [1.54, 1.807) is 0 Å². The van der Waals surface area contributed by atoms with Crippen molar-refractivity contribution in [2.24, 2.45) is 0 Å². The van der Waals surface area contributed by atoms with Crippen molar-refractivity contribution in [3.05, 3.63) is 0 Å². The zero-order valence-electron chi connectivity index (χ0n) is 7.26. The van der Waals surface area contributed by atoms with Crippen LogP contribution in [0.5, 0.6) is 0 Å². The van der Waals surface area contributed by atoms with E-state index in [2.05, 4.69) is 5.32 Å². The highest BCUT2D eigenvalue weighted by Gasteiger charge is 2.34. The Balaban J connectivity index is 2.45. The van der Waals surface area contributed by atoms with Crippen LogP contribution in [0.1, 0.15) is 20.3 Å². The maximum absolute atomic E-state index is 9.80. The molecule has 0 bridgehead atoms. The van der Waals surface area contributed by atoms with Gasteiger partial charge in [-0.15, -0.1) is 0 Å². The van der Waals surface area contributed by atoms with Gasteiger partial charge in [-0.3, -0.25) is 0 Å². The molecule has 0 aliphatic carbocycles. The first-order valence-corrected chi connectivity index (χ1v) is 4.21. The minimum atomic E-state index is -0.638. The molecule has 1 heterocycles. The fourth-order valence-corrected chi connectivity index (χ4v) is 1.40. The average molecular weight is 159 g/mol. The van der Waals surface area contributed by atoms with E-state index in [-0.39, 0.29) is 6.10 Å². The lowest BCUT2D eigenvalue weighted by Crippen LogP contribution is -2.53. The summed E-state index contributed by atoms with van der Waals surface area (Å²) in [6.45, 7) is 6.11. The third-order valence-electron chi connectivity index (χ3n) is 2.20. The van der Waals surface area contributed by atoms with Crippen LogP contribution in [-0.2, 0) is 4.74 Å². The Morgan fingerprint density at radius 3 is 3.00 bits per heavy atom. The molecule has 1 saturated heterocycles. The quantitative estimate of drug-likeness (QED) is 0.602. The monoisotopic (exact) mass is 159 g/mol. The van der Waals surface area contributed by atoms with Crippen LogP contribution in [-0.4, -0.2) is 36.5 Å². The molecule has 11 heavy (non-hydrogen) atoms. The predicted octanol–water partition coefficient (Wildman–Crippen LogP) is 0.136. The van der Waals surface area contributed by atoms with Crippen LogP contribution < -0.4 is 5.32 Å². The third-order valence-corrected chi connectivity index (χ3v) is 2.20. The van der Waals surface area contributed by atoms with Crippen molar-refractivity contribution < 1.29 is 9.84 Å². The SMILES string of the molecule is CCOC1CNCCC1(C)O. The summed E-state index contributed by atoms with van der Waals surface area (Å²) in [6.07, 6.45) is 0.735. The van der Waals surface area contributed by atoms with Gasteiger partial charge in [0.2, 0.25) is 0 Å². The molecule has 1 fully saturated rings. The average Bonchev–Trinajstić information content (AvgIpc) is 1.94. The van der Waals surface area contributed by atoms with Crippen molar-refractivity contribution in [1.82, 2.24) is 5.32 Å². The number of hydrogen-bond donors (Lipinski definition) is 2. The topological polar surface area (TPSA) is 41.5 Å². The Bertz CT molecular complexity index is 123. The van der Waals surface area contributed by atoms with E-state index in [1.807, 2.05) is 13.8 Å². The van der Waals surface area contributed by atoms with Crippen LogP contribution in [0, 0.1) is 0 Å². The number of piperidine rings is 1. The van der Waals surface area contributed by atoms with Crippen LogP contribution in [0.4, 0.5) is 0 Å². The lowest BCUT2D eigenvalue weighted by atomic mass is 9.92. The molecule has 1 aliphatic heterocycles. The van der Waals surface area contributed by atoms with Crippen LogP contribution in [0.2, 0.25) is 0 Å². The van der Waals surface area contributed by atoms with Gasteiger partial charge in [-0.2, -0.15) is 0 Å². The van der Waals surface area contributed by atoms with Crippen LogP contribution in [0.25, 0.3) is 0 Å². The second kappa shape index (κ2) is 3.52. The van der Waals surface area contributed by atoms with Gasteiger partial charge in [-0.25, -0.2) is 0 Å². The Labute approximate surface area is 67.7 Å². The summed E-state index contributed by atoms with van der Waals surface area (Å²) >= 11 is 0. The first-order chi connectivity index (χ1) is 5.17. The number of hydrogen-bond acceptors (Lipinski definition) is 3. The van der Waals surface area contributed by atoms with Gasteiger partial charge >= 0.3 is 0 Å². The predicted molar refractivity (Wildman–Crippen MR) is 43.5 cm³/mol. The molecule has 0 saturated carbocycles. The highest BCUT2D eigenvalue weighted by Crippen LogP contribution is 2.19. The summed E-state index contributed by atoms with van der Waals surface area (Å²) < 4.78 is 5.39. The molecule has 0 aromatic rings. The maximum atomic E-state index is 9.80. The Hall–Kier alpha value is -0.120. The van der Waals surface area contributed by atoms with E-state index in [9.17, 15) is 5.11 Å². The van der Waals surface area contributed by atoms with Crippen molar-refractivity contribution in [2.45, 2.75) is 32.0 Å². The smallest absolute Gasteiger partial charge is 0.0983 e. The largest absolute Gasteiger partial charge is 0.387 e. The van der Waals surface area contributed by atoms with Crippen molar-refractivity contribution in [2.75, 3.05) is 19.7 Å². The van der Waals surface area contributed by atoms with Gasteiger partial charge in [0.1, 0.15) is 0 Å². The van der Waals surface area contributed by atoms with Gasteiger partial charge in [-0.1, -0.05) is 0 Å². The first-order valence-electron chi connectivity index (χ1n) is 4.21. The van der Waals surface area contributed by atoms with Crippen molar-refractivity contribution in [3.8, 4) is 0 Å². The lowest BCUT2D eigenvalue weighted by molar-refractivity contribution is -0.109. The fourth-order valence-electron chi connectivity index (χ4n) is 1.40. The van der Waals surface area contributed by atoms with E-state index >= 15 is 0 Å². The molecule has 3 nitrogen and oxygen atoms in total. The fraction of sp³-hybridized carbons (Fsp3) is 1.00. The minimum absolute atomic E-state index is 0.0405. The molecule has 0 amide bonds. The normalized spacial score (nSPS) is 39.0. The van der Waals surface area contributed by atoms with E-state index < -0.39 is 5.60 Å². The lowest BCUT2D eigenvalue weighted by Gasteiger charge is -2.36. The third kappa shape index (κ3) is 2.15. The summed E-state index contributed by atoms with van der Waals surface area (Å²) in [5.74, 6) is 0. The Morgan fingerprint density at radius 2 is 2.45 bits per heavy atom. The summed E-state index contributed by atoms with van der Waals surface area (Å²) in [4.78, 5) is 0. The molecule has 2 unspecified atom stereocenters. The van der Waals surface area contributed by atoms with Crippen molar-refractivity contribution in [3.63, 3.8) is 0 Å². The van der Waals surface area contributed by atoms with Crippen LogP contribution >= 0.6 is 0 Å². The molecular weight excluding hydrogens is 142 g/mol. The van der Waals surface area contributed by atoms with Crippen LogP contribution in [0.3, 0.4) is 0 Å². The van der Waals surface area contributed by atoms with E-state index in [1.165, 1.54) is 0 Å². The van der Waals surface area contributed by atoms with Crippen molar-refractivity contribution >= 4 is 0 Å². The van der Waals surface area contributed by atoms with Crippen LogP contribution in [0.15, 0.2) is 0 Å². The maximum Gasteiger partial charge on any atom is 0.0983 e. The highest BCUT2D eigenvalue weighted by atomic mass is 16.5. The second-order valence-corrected chi connectivity index (χ2v) is 3.26. The molecule has 0 aromatic heterocycles. The summed E-state index contributed by atoms with van der Waals surface area (Å²) in [7, 11) is 0. The van der Waals surface area contributed by atoms with Gasteiger partial charge in [0.15, 0.2) is 0 Å². The van der Waals surface area contributed by atoms with E-state index in [0.29, 0.717) is 6.61 Å². The van der Waals surface area contributed by atoms with E-state index in [4.69, 9.17) is 4.74 Å². The standard InChI is InChI=1S/C8H17NO2/c1-3-11-7-6-9-5-4-8(7,2)10/h7,9-10H,3-6H2,1-2H3. The van der Waals surface area contributed by atoms with Gasteiger partial charge < -0.3 is 15.2 Å². The molecular formula is C8H17NO2. The number of nitrogens with one attached hydrogen (secondary N) is 1. The van der Waals surface area contributed by atoms with Crippen molar-refractivity contribution in [1.29, 1.82) is 0 Å². The van der Waals surface area contributed by atoms with Gasteiger partial charge in [0.25, 0.3) is 0 Å². The molecule has 1 aliphatic rings. The molecule has 3 heteroatoms. The first kappa shape index (κ1) is 8.97. The molecule has 0 spiro atoms. The molecule has 66 valence electrons. The molecule has 1 rings (SSSR count). The summed E-state index contributed by atoms with van der Waals surface area (Å²) in [5, 5.41) is 13.0. The highest BCUT2D eigenvalue weighted by molar-refractivity contribution is 4.89. The zero-order valence-corrected chi connectivity index (χ0v) is 7.26. The van der Waals surface area contributed by atoms with Gasteiger partial charge in [-0.05, 0) is 26.8 Å². The Kier molecular flexibility index (Phi) is 2.87. The van der Waals surface area contributed by atoms with Gasteiger partial charge in [0, 0.05) is 13.2 Å². The van der Waals surface area contributed by atoms with Gasteiger partial charge in [0.05, 0.1) is 11.7 Å². The molecule has 0 aromatic carbocycles. The molecule has 2 N–H and O–H groups in total. The molecule has 2 atom stereocenters. The summed E-state index contributed by atoms with van der Waals surface area (Å²) in [5.41, 5.74) is -0.638. The van der Waals surface area contributed by atoms with E-state index in [0.717, 1.165) is 19.5 Å². The number of ether oxygens (including phenoxy) is 1. The number of aliphatic hydroxyl groups is 1. The molecule has 0 radical (unpaired) electrons. The minimum Gasteiger partial charge on any atom is -0.387 e. The summed E-state index contributed by atoms with van der Waals surface area (Å²) in [6, 6.07) is 0. The zero-order chi connectivity index (χ0) is 8.32.